The van der Waals surface area contributed by atoms with Gasteiger partial charge in [0.15, 0.2) is 0 Å². The third-order valence-electron chi connectivity index (χ3n) is 2.27. The van der Waals surface area contributed by atoms with E-state index in [1.54, 1.807) is 0 Å². The Kier molecular flexibility index (Phi) is 1.84. The van der Waals surface area contributed by atoms with Crippen molar-refractivity contribution in [2.75, 3.05) is 13.1 Å². The first-order valence-corrected chi connectivity index (χ1v) is 4.39. The monoisotopic (exact) mass is 166 g/mol. The lowest BCUT2D eigenvalue weighted by Crippen LogP contribution is -2.43. The van der Waals surface area contributed by atoms with E-state index in [1.165, 1.54) is 0 Å². The number of aromatic nitrogens is 3. The van der Waals surface area contributed by atoms with Crippen LogP contribution < -0.4 is 5.32 Å². The summed E-state index contributed by atoms with van der Waals surface area (Å²) in [6, 6.07) is 0.581. The van der Waals surface area contributed by atoms with E-state index in [1.807, 2.05) is 6.33 Å². The van der Waals surface area contributed by atoms with Crippen LogP contribution in [0.2, 0.25) is 0 Å². The average Bonchev–Trinajstić information content (AvgIpc) is 2.31. The van der Waals surface area contributed by atoms with Gasteiger partial charge in [-0.3, -0.25) is 0 Å². The van der Waals surface area contributed by atoms with Crippen molar-refractivity contribution in [2.45, 2.75) is 25.8 Å². The zero-order valence-electron chi connectivity index (χ0n) is 7.49. The third kappa shape index (κ3) is 1.12. The highest BCUT2D eigenvalue weighted by molar-refractivity contribution is 4.98. The molecule has 0 atom stereocenters. The van der Waals surface area contributed by atoms with Gasteiger partial charge in [0.1, 0.15) is 12.2 Å². The molecule has 0 saturated carbocycles. The van der Waals surface area contributed by atoms with Gasteiger partial charge < -0.3 is 9.88 Å². The van der Waals surface area contributed by atoms with E-state index < -0.39 is 0 Å². The summed E-state index contributed by atoms with van der Waals surface area (Å²) in [4.78, 5) is 0. The molecule has 1 aromatic heterocycles. The molecule has 12 heavy (non-hydrogen) atoms. The van der Waals surface area contributed by atoms with Crippen LogP contribution >= 0.6 is 0 Å². The number of rotatable bonds is 2. The van der Waals surface area contributed by atoms with Crippen molar-refractivity contribution in [1.29, 1.82) is 0 Å². The Labute approximate surface area is 72.0 Å². The van der Waals surface area contributed by atoms with E-state index >= 15 is 0 Å². The largest absolute Gasteiger partial charge is 0.313 e. The molecule has 0 unspecified atom stereocenters. The zero-order valence-corrected chi connectivity index (χ0v) is 7.49. The molecule has 1 aliphatic heterocycles. The zero-order chi connectivity index (χ0) is 8.55. The van der Waals surface area contributed by atoms with Gasteiger partial charge in [-0.25, -0.2) is 0 Å². The molecule has 4 nitrogen and oxygen atoms in total. The van der Waals surface area contributed by atoms with Crippen LogP contribution in [0.3, 0.4) is 0 Å². The van der Waals surface area contributed by atoms with Gasteiger partial charge in [0.25, 0.3) is 0 Å². The van der Waals surface area contributed by atoms with Crippen molar-refractivity contribution < 1.29 is 0 Å². The molecule has 4 heteroatoms. The van der Waals surface area contributed by atoms with Crippen molar-refractivity contribution in [3.05, 3.63) is 12.2 Å². The Morgan fingerprint density at radius 3 is 2.83 bits per heavy atom. The molecule has 1 saturated heterocycles. The maximum Gasteiger partial charge on any atom is 0.135 e. The quantitative estimate of drug-likeness (QED) is 0.697. The Balaban J connectivity index is 2.23. The Morgan fingerprint density at radius 1 is 1.58 bits per heavy atom. The fourth-order valence-electron chi connectivity index (χ4n) is 1.42. The third-order valence-corrected chi connectivity index (χ3v) is 2.27. The van der Waals surface area contributed by atoms with Gasteiger partial charge in [0, 0.05) is 19.0 Å². The molecule has 1 aliphatic rings. The fraction of sp³-hybridized carbons (Fsp3) is 0.750. The summed E-state index contributed by atoms with van der Waals surface area (Å²) in [6.45, 7) is 6.40. The number of hydrogen-bond donors (Lipinski definition) is 1. The van der Waals surface area contributed by atoms with Crippen LogP contribution in [0, 0.1) is 0 Å². The van der Waals surface area contributed by atoms with Gasteiger partial charge >= 0.3 is 0 Å². The second-order valence-electron chi connectivity index (χ2n) is 3.56. The van der Waals surface area contributed by atoms with Gasteiger partial charge in [-0.05, 0) is 0 Å². The van der Waals surface area contributed by atoms with E-state index in [0.29, 0.717) is 12.0 Å². The average molecular weight is 166 g/mol. The first-order valence-electron chi connectivity index (χ1n) is 4.39. The minimum absolute atomic E-state index is 0.466. The summed E-state index contributed by atoms with van der Waals surface area (Å²) in [5, 5.41) is 11.3. The summed E-state index contributed by atoms with van der Waals surface area (Å²) < 4.78 is 2.18. The van der Waals surface area contributed by atoms with Gasteiger partial charge in [-0.1, -0.05) is 13.8 Å². The van der Waals surface area contributed by atoms with Crippen molar-refractivity contribution >= 4 is 0 Å². The molecule has 1 N–H and O–H groups in total. The summed E-state index contributed by atoms with van der Waals surface area (Å²) in [6.07, 6.45) is 1.83. The topological polar surface area (TPSA) is 42.7 Å². The fourth-order valence-corrected chi connectivity index (χ4v) is 1.42. The summed E-state index contributed by atoms with van der Waals surface area (Å²) in [5.41, 5.74) is 0. The molecule has 0 amide bonds. The Hall–Kier alpha value is -0.900. The highest BCUT2D eigenvalue weighted by Gasteiger charge is 2.22. The molecule has 0 spiro atoms. The molecule has 1 aromatic rings. The second-order valence-corrected chi connectivity index (χ2v) is 3.56. The molecule has 0 bridgehead atoms. The highest BCUT2D eigenvalue weighted by Crippen LogP contribution is 2.18. The van der Waals surface area contributed by atoms with Crippen molar-refractivity contribution in [3.63, 3.8) is 0 Å². The molecule has 0 aromatic carbocycles. The molecule has 66 valence electrons. The summed E-state index contributed by atoms with van der Waals surface area (Å²) >= 11 is 0. The number of nitrogens with zero attached hydrogens (tertiary/aromatic N) is 3. The maximum absolute atomic E-state index is 4.10. The predicted octanol–water partition coefficient (Wildman–Crippen LogP) is 0.546. The lowest BCUT2D eigenvalue weighted by atomic mass is 10.1. The van der Waals surface area contributed by atoms with E-state index in [0.717, 1.165) is 18.9 Å². The number of hydrogen-bond acceptors (Lipinski definition) is 3. The molecule has 0 radical (unpaired) electrons. The molecule has 2 heterocycles. The maximum atomic E-state index is 4.10. The van der Waals surface area contributed by atoms with Crippen molar-refractivity contribution in [2.24, 2.45) is 0 Å². The van der Waals surface area contributed by atoms with Gasteiger partial charge in [0.05, 0.1) is 6.04 Å². The van der Waals surface area contributed by atoms with E-state index in [2.05, 4.69) is 33.9 Å². The molecule has 2 rings (SSSR count). The Morgan fingerprint density at radius 2 is 2.33 bits per heavy atom. The summed E-state index contributed by atoms with van der Waals surface area (Å²) in [7, 11) is 0. The highest BCUT2D eigenvalue weighted by atomic mass is 15.3. The predicted molar refractivity (Wildman–Crippen MR) is 46.0 cm³/mol. The normalized spacial score (nSPS) is 18.2. The van der Waals surface area contributed by atoms with Crippen LogP contribution in [-0.2, 0) is 0 Å². The van der Waals surface area contributed by atoms with Gasteiger partial charge in [0.2, 0.25) is 0 Å². The Bertz CT molecular complexity index is 262. The van der Waals surface area contributed by atoms with Gasteiger partial charge in [-0.15, -0.1) is 10.2 Å². The minimum atomic E-state index is 0.466. The van der Waals surface area contributed by atoms with Crippen LogP contribution in [0.5, 0.6) is 0 Å². The molecular weight excluding hydrogens is 152 g/mol. The smallest absolute Gasteiger partial charge is 0.135 e. The molecular formula is C8H14N4. The summed E-state index contributed by atoms with van der Waals surface area (Å²) in [5.74, 6) is 1.56. The van der Waals surface area contributed by atoms with E-state index in [4.69, 9.17) is 0 Å². The number of nitrogens with one attached hydrogen (secondary N) is 1. The molecule has 0 aliphatic carbocycles. The van der Waals surface area contributed by atoms with Crippen molar-refractivity contribution in [1.82, 2.24) is 20.1 Å². The molecule has 1 fully saturated rings. The van der Waals surface area contributed by atoms with Crippen LogP contribution in [0.15, 0.2) is 6.33 Å². The first kappa shape index (κ1) is 7.73. The minimum Gasteiger partial charge on any atom is -0.313 e. The SMILES string of the molecule is CC(C)c1nncn1C1CNC1. The van der Waals surface area contributed by atoms with E-state index in [-0.39, 0.29) is 0 Å². The van der Waals surface area contributed by atoms with Crippen LogP contribution in [-0.4, -0.2) is 27.9 Å². The lowest BCUT2D eigenvalue weighted by molar-refractivity contribution is 0.332. The standard InChI is InChI=1S/C8H14N4/c1-6(2)8-11-10-5-12(8)7-3-9-4-7/h5-7,9H,3-4H2,1-2H3. The van der Waals surface area contributed by atoms with E-state index in [9.17, 15) is 0 Å². The van der Waals surface area contributed by atoms with Crippen LogP contribution in [0.25, 0.3) is 0 Å². The second kappa shape index (κ2) is 2.86. The van der Waals surface area contributed by atoms with Crippen molar-refractivity contribution in [3.8, 4) is 0 Å². The van der Waals surface area contributed by atoms with Gasteiger partial charge in [-0.2, -0.15) is 0 Å². The van der Waals surface area contributed by atoms with Crippen LogP contribution in [0.4, 0.5) is 0 Å². The lowest BCUT2D eigenvalue weighted by Gasteiger charge is -2.29. The first-order chi connectivity index (χ1) is 5.79. The van der Waals surface area contributed by atoms with Crippen LogP contribution in [0.1, 0.15) is 31.6 Å².